The molecule has 21 heavy (non-hydrogen) atoms. The van der Waals surface area contributed by atoms with Crippen LogP contribution in [0.4, 0.5) is 4.39 Å². The van der Waals surface area contributed by atoms with E-state index in [0.717, 1.165) is 24.2 Å². The Morgan fingerprint density at radius 1 is 0.905 bits per heavy atom. The molecule has 2 rings (SSSR count). The van der Waals surface area contributed by atoms with Crippen molar-refractivity contribution in [2.45, 2.75) is 36.6 Å². The minimum Gasteiger partial charge on any atom is -0.324 e. The van der Waals surface area contributed by atoms with Gasteiger partial charge in [-0.15, -0.1) is 11.8 Å². The summed E-state index contributed by atoms with van der Waals surface area (Å²) in [4.78, 5) is 1.33. The van der Waals surface area contributed by atoms with Gasteiger partial charge in [-0.2, -0.15) is 0 Å². The normalized spacial score (nSPS) is 12.3. The quantitative estimate of drug-likeness (QED) is 0.537. The van der Waals surface area contributed by atoms with Crippen molar-refractivity contribution in [2.75, 3.05) is 5.75 Å². The van der Waals surface area contributed by atoms with E-state index < -0.39 is 0 Å². The van der Waals surface area contributed by atoms with E-state index in [4.69, 9.17) is 5.73 Å². The zero-order chi connectivity index (χ0) is 14.9. The Bertz CT molecular complexity index is 513. The lowest BCUT2D eigenvalue weighted by atomic mass is 10.0. The lowest BCUT2D eigenvalue weighted by Gasteiger charge is -2.11. The van der Waals surface area contributed by atoms with Crippen molar-refractivity contribution in [3.63, 3.8) is 0 Å². The van der Waals surface area contributed by atoms with Gasteiger partial charge in [0.1, 0.15) is 5.82 Å². The Morgan fingerprint density at radius 3 is 2.33 bits per heavy atom. The maximum Gasteiger partial charge on any atom is 0.123 e. The minimum absolute atomic E-state index is 0.0207. The average Bonchev–Trinajstić information content (AvgIpc) is 2.52. The first kappa shape index (κ1) is 16.1. The van der Waals surface area contributed by atoms with Gasteiger partial charge in [-0.3, -0.25) is 0 Å². The molecule has 1 nitrogen and oxygen atoms in total. The van der Waals surface area contributed by atoms with E-state index in [2.05, 4.69) is 24.3 Å². The maximum atomic E-state index is 12.8. The van der Waals surface area contributed by atoms with Crippen LogP contribution in [0, 0.1) is 5.82 Å². The van der Waals surface area contributed by atoms with Crippen molar-refractivity contribution in [1.29, 1.82) is 0 Å². The standard InChI is InChI=1S/C18H22FNS/c19-16-12-10-15(11-13-16)18(20)9-5-2-6-14-21-17-7-3-1-4-8-17/h1,3-4,7-8,10-13,18H,2,5-6,9,14,20H2. The van der Waals surface area contributed by atoms with Crippen LogP contribution in [-0.4, -0.2) is 5.75 Å². The summed E-state index contributed by atoms with van der Waals surface area (Å²) in [5, 5.41) is 0. The first-order chi connectivity index (χ1) is 10.3. The molecule has 0 spiro atoms. The molecule has 2 aromatic rings. The number of hydrogen-bond acceptors (Lipinski definition) is 2. The van der Waals surface area contributed by atoms with Gasteiger partial charge in [0.05, 0.1) is 0 Å². The van der Waals surface area contributed by atoms with Crippen LogP contribution < -0.4 is 5.73 Å². The molecule has 0 bridgehead atoms. The fraction of sp³-hybridized carbons (Fsp3) is 0.333. The van der Waals surface area contributed by atoms with E-state index in [-0.39, 0.29) is 11.9 Å². The summed E-state index contributed by atoms with van der Waals surface area (Å²) in [6.45, 7) is 0. The van der Waals surface area contributed by atoms with Gasteiger partial charge < -0.3 is 5.73 Å². The SMILES string of the molecule is NC(CCCCCSc1ccccc1)c1ccc(F)cc1. The number of benzene rings is 2. The van der Waals surface area contributed by atoms with Crippen LogP contribution >= 0.6 is 11.8 Å². The van der Waals surface area contributed by atoms with Gasteiger partial charge in [0.15, 0.2) is 0 Å². The van der Waals surface area contributed by atoms with Gasteiger partial charge in [0.2, 0.25) is 0 Å². The fourth-order valence-electron chi connectivity index (χ4n) is 2.23. The third-order valence-electron chi connectivity index (χ3n) is 3.47. The number of nitrogens with two attached hydrogens (primary N) is 1. The van der Waals surface area contributed by atoms with Crippen LogP contribution in [0.5, 0.6) is 0 Å². The first-order valence-corrected chi connectivity index (χ1v) is 8.43. The molecule has 1 atom stereocenters. The number of hydrogen-bond donors (Lipinski definition) is 1. The largest absolute Gasteiger partial charge is 0.324 e. The van der Waals surface area contributed by atoms with E-state index in [0.29, 0.717) is 0 Å². The van der Waals surface area contributed by atoms with Gasteiger partial charge in [-0.05, 0) is 48.4 Å². The van der Waals surface area contributed by atoms with Gasteiger partial charge in [0.25, 0.3) is 0 Å². The molecule has 0 fully saturated rings. The molecule has 2 N–H and O–H groups in total. The predicted molar refractivity (Wildman–Crippen MR) is 89.0 cm³/mol. The third-order valence-corrected chi connectivity index (χ3v) is 4.57. The van der Waals surface area contributed by atoms with Crippen molar-refractivity contribution >= 4 is 11.8 Å². The second-order valence-electron chi connectivity index (χ2n) is 5.17. The number of halogens is 1. The summed E-state index contributed by atoms with van der Waals surface area (Å²) in [5.41, 5.74) is 7.15. The van der Waals surface area contributed by atoms with Crippen molar-refractivity contribution in [1.82, 2.24) is 0 Å². The van der Waals surface area contributed by atoms with Crippen LogP contribution in [0.15, 0.2) is 59.5 Å². The fourth-order valence-corrected chi connectivity index (χ4v) is 3.16. The molecule has 0 amide bonds. The van der Waals surface area contributed by atoms with Crippen LogP contribution in [0.1, 0.15) is 37.3 Å². The van der Waals surface area contributed by atoms with Crippen molar-refractivity contribution in [3.8, 4) is 0 Å². The average molecular weight is 303 g/mol. The highest BCUT2D eigenvalue weighted by molar-refractivity contribution is 7.99. The summed E-state index contributed by atoms with van der Waals surface area (Å²) in [5.74, 6) is 0.944. The van der Waals surface area contributed by atoms with E-state index in [1.807, 2.05) is 17.8 Å². The molecule has 0 radical (unpaired) electrons. The Labute approximate surface area is 130 Å². The highest BCUT2D eigenvalue weighted by Gasteiger charge is 2.05. The summed E-state index contributed by atoms with van der Waals surface area (Å²) in [7, 11) is 0. The molecule has 0 aromatic heterocycles. The summed E-state index contributed by atoms with van der Waals surface area (Å²) in [6, 6.07) is 17.0. The molecule has 0 heterocycles. The van der Waals surface area contributed by atoms with Gasteiger partial charge in [-0.25, -0.2) is 4.39 Å². The molecule has 112 valence electrons. The van der Waals surface area contributed by atoms with Crippen LogP contribution in [0.25, 0.3) is 0 Å². The third kappa shape index (κ3) is 5.90. The molecule has 1 unspecified atom stereocenters. The van der Waals surface area contributed by atoms with Gasteiger partial charge >= 0.3 is 0 Å². The summed E-state index contributed by atoms with van der Waals surface area (Å²) in [6.07, 6.45) is 4.47. The zero-order valence-electron chi connectivity index (χ0n) is 12.2. The molecule has 0 aliphatic rings. The molecule has 0 aliphatic carbocycles. The second kappa shape index (κ2) is 8.85. The number of unbranched alkanes of at least 4 members (excludes halogenated alkanes) is 2. The van der Waals surface area contributed by atoms with Crippen molar-refractivity contribution < 1.29 is 4.39 Å². The monoisotopic (exact) mass is 303 g/mol. The topological polar surface area (TPSA) is 26.0 Å². The van der Waals surface area contributed by atoms with Crippen molar-refractivity contribution in [3.05, 3.63) is 66.0 Å². The maximum absolute atomic E-state index is 12.8. The Morgan fingerprint density at radius 2 is 1.62 bits per heavy atom. The van der Waals surface area contributed by atoms with Crippen molar-refractivity contribution in [2.24, 2.45) is 5.73 Å². The van der Waals surface area contributed by atoms with Gasteiger partial charge in [-0.1, -0.05) is 43.2 Å². The molecule has 3 heteroatoms. The molecule has 2 aromatic carbocycles. The number of rotatable bonds is 8. The highest BCUT2D eigenvalue weighted by Crippen LogP contribution is 2.21. The zero-order valence-corrected chi connectivity index (χ0v) is 13.0. The van der Waals surface area contributed by atoms with E-state index in [9.17, 15) is 4.39 Å². The second-order valence-corrected chi connectivity index (χ2v) is 6.34. The molecule has 0 saturated carbocycles. The van der Waals surface area contributed by atoms with Gasteiger partial charge in [0, 0.05) is 10.9 Å². The van der Waals surface area contributed by atoms with Crippen LogP contribution in [-0.2, 0) is 0 Å². The Hall–Kier alpha value is -1.32. The predicted octanol–water partition coefficient (Wildman–Crippen LogP) is 5.18. The smallest absolute Gasteiger partial charge is 0.123 e. The molecular weight excluding hydrogens is 281 g/mol. The van der Waals surface area contributed by atoms with E-state index in [1.54, 1.807) is 12.1 Å². The van der Waals surface area contributed by atoms with E-state index >= 15 is 0 Å². The summed E-state index contributed by atoms with van der Waals surface area (Å²) < 4.78 is 12.8. The lowest BCUT2D eigenvalue weighted by molar-refractivity contribution is 0.579. The lowest BCUT2D eigenvalue weighted by Crippen LogP contribution is -2.10. The Kier molecular flexibility index (Phi) is 6.77. The van der Waals surface area contributed by atoms with Crippen LogP contribution in [0.3, 0.4) is 0 Å². The first-order valence-electron chi connectivity index (χ1n) is 7.44. The van der Waals surface area contributed by atoms with E-state index in [1.165, 1.54) is 29.9 Å². The molecular formula is C18H22FNS. The molecule has 0 saturated heterocycles. The molecule has 0 aliphatic heterocycles. The number of thioether (sulfide) groups is 1. The highest BCUT2D eigenvalue weighted by atomic mass is 32.2. The Balaban J connectivity index is 1.58. The summed E-state index contributed by atoms with van der Waals surface area (Å²) >= 11 is 1.90. The van der Waals surface area contributed by atoms with Crippen LogP contribution in [0.2, 0.25) is 0 Å². The minimum atomic E-state index is -0.205.